The third-order valence-corrected chi connectivity index (χ3v) is 3.20. The summed E-state index contributed by atoms with van der Waals surface area (Å²) < 4.78 is 31.8. The summed E-state index contributed by atoms with van der Waals surface area (Å²) in [4.78, 5) is 4.17. The number of nitrogens with two attached hydrogens (primary N) is 1. The number of nitrogens with zero attached hydrogens (tertiary/aromatic N) is 1. The van der Waals surface area contributed by atoms with E-state index in [0.717, 1.165) is 31.6 Å². The summed E-state index contributed by atoms with van der Waals surface area (Å²) in [6, 6.07) is 3.42. The Bertz CT molecular complexity index is 473. The fourth-order valence-electron chi connectivity index (χ4n) is 2.10. The zero-order valence-electron chi connectivity index (χ0n) is 11.2. The number of aliphatic imine (C=N–C) groups is 1. The van der Waals surface area contributed by atoms with E-state index in [1.54, 1.807) is 0 Å². The third kappa shape index (κ3) is 4.45. The van der Waals surface area contributed by atoms with Crippen molar-refractivity contribution in [2.24, 2.45) is 10.7 Å². The molecule has 4 nitrogen and oxygen atoms in total. The van der Waals surface area contributed by atoms with Gasteiger partial charge in [-0.3, -0.25) is 4.99 Å². The van der Waals surface area contributed by atoms with Gasteiger partial charge in [0.05, 0.1) is 12.6 Å². The second kappa shape index (κ2) is 7.19. The summed E-state index contributed by atoms with van der Waals surface area (Å²) in [5.41, 5.74) is 6.02. The van der Waals surface area contributed by atoms with Gasteiger partial charge in [0, 0.05) is 13.2 Å². The molecule has 1 aromatic carbocycles. The van der Waals surface area contributed by atoms with Crippen LogP contribution < -0.4 is 11.1 Å². The quantitative estimate of drug-likeness (QED) is 0.637. The lowest BCUT2D eigenvalue weighted by Gasteiger charge is -2.09. The molecule has 1 saturated heterocycles. The van der Waals surface area contributed by atoms with Crippen LogP contribution in [0.25, 0.3) is 0 Å². The molecule has 0 saturated carbocycles. The molecule has 0 aliphatic carbocycles. The standard InChI is InChI=1S/C14H19F2N3O/c15-11-3-4-13(16)10(8-11)5-6-18-14(17)19-9-12-2-1-7-20-12/h3-4,8,12H,1-2,5-7,9H2,(H3,17,18,19). The van der Waals surface area contributed by atoms with Crippen LogP contribution in [0.4, 0.5) is 8.78 Å². The van der Waals surface area contributed by atoms with Crippen molar-refractivity contribution < 1.29 is 13.5 Å². The Morgan fingerprint density at radius 1 is 1.45 bits per heavy atom. The predicted octanol–water partition coefficient (Wildman–Crippen LogP) is 1.59. The van der Waals surface area contributed by atoms with Gasteiger partial charge in [0.2, 0.25) is 0 Å². The average Bonchev–Trinajstić information content (AvgIpc) is 2.93. The van der Waals surface area contributed by atoms with E-state index >= 15 is 0 Å². The molecule has 6 heteroatoms. The van der Waals surface area contributed by atoms with Crippen LogP contribution in [0.1, 0.15) is 18.4 Å². The van der Waals surface area contributed by atoms with Crippen molar-refractivity contribution in [3.05, 3.63) is 35.4 Å². The summed E-state index contributed by atoms with van der Waals surface area (Å²) in [7, 11) is 0. The molecule has 1 heterocycles. The van der Waals surface area contributed by atoms with Gasteiger partial charge in [-0.25, -0.2) is 8.78 Å². The van der Waals surface area contributed by atoms with Crippen molar-refractivity contribution in [2.75, 3.05) is 19.7 Å². The second-order valence-electron chi connectivity index (χ2n) is 4.77. The molecule has 1 aliphatic rings. The van der Waals surface area contributed by atoms with Gasteiger partial charge in [-0.05, 0) is 43.0 Å². The SMILES string of the molecule is NC(=NCC1CCCO1)NCCc1cc(F)ccc1F. The molecule has 0 spiro atoms. The van der Waals surface area contributed by atoms with Gasteiger partial charge in [-0.15, -0.1) is 0 Å². The molecule has 1 atom stereocenters. The lowest BCUT2D eigenvalue weighted by molar-refractivity contribution is 0.118. The van der Waals surface area contributed by atoms with Crippen molar-refractivity contribution >= 4 is 5.96 Å². The molecule has 20 heavy (non-hydrogen) atoms. The molecule has 0 bridgehead atoms. The smallest absolute Gasteiger partial charge is 0.188 e. The Labute approximate surface area is 117 Å². The Morgan fingerprint density at radius 2 is 2.30 bits per heavy atom. The van der Waals surface area contributed by atoms with Crippen LogP contribution >= 0.6 is 0 Å². The van der Waals surface area contributed by atoms with Crippen LogP contribution in [0.5, 0.6) is 0 Å². The Balaban J connectivity index is 1.74. The fourth-order valence-corrected chi connectivity index (χ4v) is 2.10. The Kier molecular flexibility index (Phi) is 5.29. The maximum Gasteiger partial charge on any atom is 0.188 e. The van der Waals surface area contributed by atoms with Crippen molar-refractivity contribution in [1.29, 1.82) is 0 Å². The summed E-state index contributed by atoms with van der Waals surface area (Å²) in [6.07, 6.45) is 2.56. The van der Waals surface area contributed by atoms with Gasteiger partial charge in [0.25, 0.3) is 0 Å². The van der Waals surface area contributed by atoms with Crippen LogP contribution in [0.2, 0.25) is 0 Å². The van der Waals surface area contributed by atoms with Gasteiger partial charge < -0.3 is 15.8 Å². The molecule has 0 radical (unpaired) electrons. The van der Waals surface area contributed by atoms with E-state index < -0.39 is 11.6 Å². The van der Waals surface area contributed by atoms with Gasteiger partial charge in [0.15, 0.2) is 5.96 Å². The van der Waals surface area contributed by atoms with Gasteiger partial charge >= 0.3 is 0 Å². The fraction of sp³-hybridized carbons (Fsp3) is 0.500. The number of nitrogens with one attached hydrogen (secondary N) is 1. The molecule has 2 rings (SSSR count). The van der Waals surface area contributed by atoms with Gasteiger partial charge in [-0.1, -0.05) is 0 Å². The van der Waals surface area contributed by atoms with Crippen LogP contribution in [-0.4, -0.2) is 31.8 Å². The summed E-state index contributed by atoms with van der Waals surface area (Å²) >= 11 is 0. The van der Waals surface area contributed by atoms with Crippen LogP contribution in [0.3, 0.4) is 0 Å². The highest BCUT2D eigenvalue weighted by Gasteiger charge is 2.14. The predicted molar refractivity (Wildman–Crippen MR) is 73.5 cm³/mol. The van der Waals surface area contributed by atoms with E-state index in [-0.39, 0.29) is 6.10 Å². The monoisotopic (exact) mass is 283 g/mol. The van der Waals surface area contributed by atoms with Crippen molar-refractivity contribution in [3.8, 4) is 0 Å². The number of hydrogen-bond acceptors (Lipinski definition) is 2. The minimum Gasteiger partial charge on any atom is -0.376 e. The third-order valence-electron chi connectivity index (χ3n) is 3.20. The molecule has 0 amide bonds. The highest BCUT2D eigenvalue weighted by atomic mass is 19.1. The normalized spacial score (nSPS) is 19.3. The molecular formula is C14H19F2N3O. The highest BCUT2D eigenvalue weighted by molar-refractivity contribution is 5.77. The largest absolute Gasteiger partial charge is 0.376 e. The number of halogens is 2. The summed E-state index contributed by atoms with van der Waals surface area (Å²) in [5, 5.41) is 2.88. The molecule has 1 aliphatic heterocycles. The molecular weight excluding hydrogens is 264 g/mol. The summed E-state index contributed by atoms with van der Waals surface area (Å²) in [5.74, 6) is -0.554. The minimum absolute atomic E-state index is 0.149. The van der Waals surface area contributed by atoms with Crippen molar-refractivity contribution in [1.82, 2.24) is 5.32 Å². The molecule has 110 valence electrons. The molecule has 1 fully saturated rings. The number of benzene rings is 1. The van der Waals surface area contributed by atoms with Crippen molar-refractivity contribution in [2.45, 2.75) is 25.4 Å². The first-order valence-corrected chi connectivity index (χ1v) is 6.74. The molecule has 0 aromatic heterocycles. The topological polar surface area (TPSA) is 59.6 Å². The van der Waals surface area contributed by atoms with Crippen LogP contribution in [-0.2, 0) is 11.2 Å². The summed E-state index contributed by atoms with van der Waals surface area (Å²) in [6.45, 7) is 1.72. The first-order valence-electron chi connectivity index (χ1n) is 6.74. The maximum atomic E-state index is 13.4. The maximum absolute atomic E-state index is 13.4. The van der Waals surface area contributed by atoms with E-state index in [1.165, 1.54) is 6.07 Å². The van der Waals surface area contributed by atoms with E-state index in [9.17, 15) is 8.78 Å². The number of ether oxygens (including phenoxy) is 1. The minimum atomic E-state index is -0.443. The van der Waals surface area contributed by atoms with Crippen LogP contribution in [0, 0.1) is 11.6 Å². The van der Waals surface area contributed by atoms with E-state index in [2.05, 4.69) is 10.3 Å². The van der Waals surface area contributed by atoms with Crippen LogP contribution in [0.15, 0.2) is 23.2 Å². The zero-order chi connectivity index (χ0) is 14.4. The molecule has 1 aromatic rings. The Morgan fingerprint density at radius 3 is 3.05 bits per heavy atom. The molecule has 1 unspecified atom stereocenters. The molecule has 3 N–H and O–H groups in total. The first-order chi connectivity index (χ1) is 9.65. The number of guanidine groups is 1. The second-order valence-corrected chi connectivity index (χ2v) is 4.77. The van der Waals surface area contributed by atoms with E-state index in [1.807, 2.05) is 0 Å². The van der Waals surface area contributed by atoms with Gasteiger partial charge in [-0.2, -0.15) is 0 Å². The van der Waals surface area contributed by atoms with Crippen molar-refractivity contribution in [3.63, 3.8) is 0 Å². The number of rotatable bonds is 5. The van der Waals surface area contributed by atoms with E-state index in [0.29, 0.717) is 31.0 Å². The Hall–Kier alpha value is -1.69. The highest BCUT2D eigenvalue weighted by Crippen LogP contribution is 2.12. The first kappa shape index (κ1) is 14.7. The lowest BCUT2D eigenvalue weighted by Crippen LogP contribution is -2.34. The van der Waals surface area contributed by atoms with E-state index in [4.69, 9.17) is 10.5 Å². The van der Waals surface area contributed by atoms with Gasteiger partial charge in [0.1, 0.15) is 11.6 Å². The number of hydrogen-bond donors (Lipinski definition) is 2. The average molecular weight is 283 g/mol. The zero-order valence-corrected chi connectivity index (χ0v) is 11.2. The lowest BCUT2D eigenvalue weighted by atomic mass is 10.1.